The molecule has 0 aromatic heterocycles. The maximum atomic E-state index is 12.4. The van der Waals surface area contributed by atoms with Gasteiger partial charge in [-0.05, 0) is 37.0 Å². The number of nitrogens with one attached hydrogen (secondary N) is 2. The molecule has 2 amide bonds. The summed E-state index contributed by atoms with van der Waals surface area (Å²) in [5.41, 5.74) is 1.08. The Morgan fingerprint density at radius 3 is 2.78 bits per heavy atom. The standard InChI is InChI=1S/C20H29N3O4/c1-26-17-7-6-14(10-18(17)27-2)8-9-21-20(25)13-23-15-4-3-5-16(23)12-22-19(24)11-15/h6-7,10,15-16H,3-5,8-9,11-13H2,1-2H3,(H,21,25)(H,22,24)/t15-,16+/m0/s1. The van der Waals surface area contributed by atoms with Crippen LogP contribution in [0.1, 0.15) is 31.2 Å². The first-order chi connectivity index (χ1) is 13.1. The van der Waals surface area contributed by atoms with E-state index in [2.05, 4.69) is 15.5 Å². The Morgan fingerprint density at radius 1 is 1.22 bits per heavy atom. The van der Waals surface area contributed by atoms with Crippen molar-refractivity contribution in [2.24, 2.45) is 0 Å². The second-order valence-corrected chi connectivity index (χ2v) is 7.21. The van der Waals surface area contributed by atoms with Crippen molar-refractivity contribution in [3.63, 3.8) is 0 Å². The van der Waals surface area contributed by atoms with Crippen LogP contribution in [0.25, 0.3) is 0 Å². The van der Waals surface area contributed by atoms with Gasteiger partial charge in [0.1, 0.15) is 0 Å². The second-order valence-electron chi connectivity index (χ2n) is 7.21. The number of rotatable bonds is 7. The molecule has 0 unspecified atom stereocenters. The van der Waals surface area contributed by atoms with E-state index < -0.39 is 0 Å². The number of hydrogen-bond acceptors (Lipinski definition) is 5. The number of methoxy groups -OCH3 is 2. The summed E-state index contributed by atoms with van der Waals surface area (Å²) >= 11 is 0. The smallest absolute Gasteiger partial charge is 0.234 e. The van der Waals surface area contributed by atoms with Crippen LogP contribution >= 0.6 is 0 Å². The molecule has 0 saturated carbocycles. The van der Waals surface area contributed by atoms with E-state index in [9.17, 15) is 9.59 Å². The van der Waals surface area contributed by atoms with Gasteiger partial charge < -0.3 is 20.1 Å². The van der Waals surface area contributed by atoms with Crippen molar-refractivity contribution in [1.29, 1.82) is 0 Å². The van der Waals surface area contributed by atoms with E-state index in [-0.39, 0.29) is 23.9 Å². The SMILES string of the molecule is COc1ccc(CCNC(=O)CN2[C@@H]3CCC[C@H]2CC(=O)NC3)cc1OC. The molecule has 2 atom stereocenters. The van der Waals surface area contributed by atoms with E-state index in [1.165, 1.54) is 0 Å². The first-order valence-electron chi connectivity index (χ1n) is 9.60. The highest BCUT2D eigenvalue weighted by molar-refractivity contribution is 5.79. The van der Waals surface area contributed by atoms with Crippen molar-refractivity contribution in [3.8, 4) is 11.5 Å². The van der Waals surface area contributed by atoms with Crippen LogP contribution in [0.3, 0.4) is 0 Å². The van der Waals surface area contributed by atoms with Crippen LogP contribution in [0, 0.1) is 0 Å². The van der Waals surface area contributed by atoms with Crippen molar-refractivity contribution in [1.82, 2.24) is 15.5 Å². The summed E-state index contributed by atoms with van der Waals surface area (Å²) in [6.45, 7) is 1.57. The predicted molar refractivity (Wildman–Crippen MR) is 102 cm³/mol. The number of nitrogens with zero attached hydrogens (tertiary/aromatic N) is 1. The molecule has 2 saturated heterocycles. The van der Waals surface area contributed by atoms with E-state index in [4.69, 9.17) is 9.47 Å². The Hall–Kier alpha value is -2.28. The molecule has 2 N–H and O–H groups in total. The molecule has 7 heteroatoms. The van der Waals surface area contributed by atoms with Crippen molar-refractivity contribution in [2.75, 3.05) is 33.9 Å². The predicted octanol–water partition coefficient (Wildman–Crippen LogP) is 1.11. The molecule has 7 nitrogen and oxygen atoms in total. The summed E-state index contributed by atoms with van der Waals surface area (Å²) in [5.74, 6) is 1.50. The van der Waals surface area contributed by atoms with Crippen LogP contribution in [-0.4, -0.2) is 62.7 Å². The van der Waals surface area contributed by atoms with Gasteiger partial charge in [-0.15, -0.1) is 0 Å². The molecule has 2 heterocycles. The number of amides is 2. The lowest BCUT2D eigenvalue weighted by atomic mass is 9.94. The maximum absolute atomic E-state index is 12.4. The van der Waals surface area contributed by atoms with Crippen LogP contribution in [-0.2, 0) is 16.0 Å². The second kappa shape index (κ2) is 9.08. The fourth-order valence-electron chi connectivity index (χ4n) is 4.04. The van der Waals surface area contributed by atoms with Crippen LogP contribution in [0.2, 0.25) is 0 Å². The highest BCUT2D eigenvalue weighted by atomic mass is 16.5. The number of ether oxygens (including phenoxy) is 2. The number of carbonyl (C=O) groups is 2. The third-order valence-electron chi connectivity index (χ3n) is 5.48. The van der Waals surface area contributed by atoms with Crippen molar-refractivity contribution in [3.05, 3.63) is 23.8 Å². The molecule has 148 valence electrons. The zero-order chi connectivity index (χ0) is 19.2. The molecule has 2 fully saturated rings. The van der Waals surface area contributed by atoms with Gasteiger partial charge in [0.05, 0.1) is 20.8 Å². The molecule has 2 bridgehead atoms. The Kier molecular flexibility index (Phi) is 6.55. The third kappa shape index (κ3) is 4.91. The molecular weight excluding hydrogens is 346 g/mol. The number of fused-ring (bicyclic) bond motifs is 2. The van der Waals surface area contributed by atoms with Gasteiger partial charge in [-0.25, -0.2) is 0 Å². The molecule has 0 spiro atoms. The first-order valence-corrected chi connectivity index (χ1v) is 9.60. The average molecular weight is 375 g/mol. The Balaban J connectivity index is 1.50. The highest BCUT2D eigenvalue weighted by Crippen LogP contribution is 2.28. The zero-order valence-electron chi connectivity index (χ0n) is 16.1. The minimum atomic E-state index is 0.0155. The molecule has 0 aliphatic carbocycles. The van der Waals surface area contributed by atoms with E-state index in [0.717, 1.165) is 31.2 Å². The minimum Gasteiger partial charge on any atom is -0.493 e. The number of benzene rings is 1. The van der Waals surface area contributed by atoms with Gasteiger partial charge >= 0.3 is 0 Å². The van der Waals surface area contributed by atoms with Gasteiger partial charge in [0.15, 0.2) is 11.5 Å². The van der Waals surface area contributed by atoms with Gasteiger partial charge in [-0.3, -0.25) is 14.5 Å². The number of hydrogen-bond donors (Lipinski definition) is 2. The van der Waals surface area contributed by atoms with Crippen LogP contribution in [0.5, 0.6) is 11.5 Å². The summed E-state index contributed by atoms with van der Waals surface area (Å²) < 4.78 is 10.6. The minimum absolute atomic E-state index is 0.0155. The van der Waals surface area contributed by atoms with E-state index in [0.29, 0.717) is 37.6 Å². The normalized spacial score (nSPS) is 22.5. The lowest BCUT2D eigenvalue weighted by Gasteiger charge is -2.39. The van der Waals surface area contributed by atoms with Gasteiger partial charge in [-0.1, -0.05) is 12.5 Å². The van der Waals surface area contributed by atoms with Crippen LogP contribution in [0.4, 0.5) is 0 Å². The summed E-state index contributed by atoms with van der Waals surface area (Å²) in [6, 6.07) is 6.23. The quantitative estimate of drug-likeness (QED) is 0.746. The third-order valence-corrected chi connectivity index (χ3v) is 5.48. The molecular formula is C20H29N3O4. The first kappa shape index (κ1) is 19.5. The topological polar surface area (TPSA) is 79.9 Å². The number of piperidine rings is 1. The summed E-state index contributed by atoms with van der Waals surface area (Å²) in [5, 5.41) is 5.98. The van der Waals surface area contributed by atoms with Crippen LogP contribution in [0.15, 0.2) is 18.2 Å². The Labute approximate surface area is 160 Å². The zero-order valence-corrected chi connectivity index (χ0v) is 16.1. The number of carbonyl (C=O) groups excluding carboxylic acids is 2. The fourth-order valence-corrected chi connectivity index (χ4v) is 4.04. The summed E-state index contributed by atoms with van der Waals surface area (Å²) in [4.78, 5) is 26.5. The van der Waals surface area contributed by atoms with Gasteiger partial charge in [0.25, 0.3) is 0 Å². The van der Waals surface area contributed by atoms with Crippen molar-refractivity contribution >= 4 is 11.8 Å². The van der Waals surface area contributed by atoms with Crippen LogP contribution < -0.4 is 20.1 Å². The molecule has 1 aromatic rings. The molecule has 2 aliphatic heterocycles. The van der Waals surface area contributed by atoms with E-state index in [1.54, 1.807) is 14.2 Å². The Bertz CT molecular complexity index is 679. The van der Waals surface area contributed by atoms with Gasteiger partial charge in [-0.2, -0.15) is 0 Å². The molecule has 2 aliphatic rings. The van der Waals surface area contributed by atoms with Crippen molar-refractivity contribution < 1.29 is 19.1 Å². The Morgan fingerprint density at radius 2 is 2.00 bits per heavy atom. The van der Waals surface area contributed by atoms with Gasteiger partial charge in [0, 0.05) is 31.6 Å². The van der Waals surface area contributed by atoms with E-state index >= 15 is 0 Å². The molecule has 27 heavy (non-hydrogen) atoms. The largest absolute Gasteiger partial charge is 0.493 e. The summed E-state index contributed by atoms with van der Waals surface area (Å²) in [7, 11) is 3.22. The average Bonchev–Trinajstić information content (AvgIpc) is 2.75. The summed E-state index contributed by atoms with van der Waals surface area (Å²) in [6.07, 6.45) is 4.37. The van der Waals surface area contributed by atoms with Gasteiger partial charge in [0.2, 0.25) is 11.8 Å². The molecule has 1 aromatic carbocycles. The van der Waals surface area contributed by atoms with Crippen molar-refractivity contribution in [2.45, 2.75) is 44.2 Å². The van der Waals surface area contributed by atoms with E-state index in [1.807, 2.05) is 18.2 Å². The molecule has 0 radical (unpaired) electrons. The lowest BCUT2D eigenvalue weighted by Crippen LogP contribution is -2.51. The highest BCUT2D eigenvalue weighted by Gasteiger charge is 2.35. The maximum Gasteiger partial charge on any atom is 0.234 e. The lowest BCUT2D eigenvalue weighted by molar-refractivity contribution is -0.125. The fraction of sp³-hybridized carbons (Fsp3) is 0.600. The monoisotopic (exact) mass is 375 g/mol. The molecule has 3 rings (SSSR count).